The first-order valence-electron chi connectivity index (χ1n) is 8.06. The summed E-state index contributed by atoms with van der Waals surface area (Å²) in [6, 6.07) is 2.49. The van der Waals surface area contributed by atoms with E-state index in [2.05, 4.69) is 30.3 Å². The van der Waals surface area contributed by atoms with Crippen molar-refractivity contribution in [1.29, 1.82) is 0 Å². The minimum absolute atomic E-state index is 0.127. The van der Waals surface area contributed by atoms with Gasteiger partial charge < -0.3 is 14.8 Å². The van der Waals surface area contributed by atoms with Crippen LogP contribution in [0.5, 0.6) is 0 Å². The third-order valence-corrected chi connectivity index (χ3v) is 4.56. The second-order valence-electron chi connectivity index (χ2n) is 5.76. The molecule has 0 radical (unpaired) electrons. The Morgan fingerprint density at radius 2 is 2.14 bits per heavy atom. The minimum atomic E-state index is -0.127. The molecular formula is C16H29N3O2. The smallest absolute Gasteiger partial charge is 0.0882 e. The van der Waals surface area contributed by atoms with Gasteiger partial charge in [0.2, 0.25) is 0 Å². The summed E-state index contributed by atoms with van der Waals surface area (Å²) in [5, 5.41) is 8.03. The Balaban J connectivity index is 2.17. The van der Waals surface area contributed by atoms with Gasteiger partial charge in [0.1, 0.15) is 0 Å². The number of aryl methyl sites for hydroxylation is 2. The molecule has 0 bridgehead atoms. The molecule has 0 aliphatic carbocycles. The molecule has 2 rings (SSSR count). The van der Waals surface area contributed by atoms with Gasteiger partial charge in [0.15, 0.2) is 0 Å². The first-order valence-corrected chi connectivity index (χ1v) is 8.06. The van der Waals surface area contributed by atoms with Crippen LogP contribution < -0.4 is 5.32 Å². The molecule has 0 saturated carbocycles. The van der Waals surface area contributed by atoms with Crippen molar-refractivity contribution in [3.63, 3.8) is 0 Å². The second-order valence-corrected chi connectivity index (χ2v) is 5.76. The summed E-state index contributed by atoms with van der Waals surface area (Å²) in [5.74, 6) is 0. The summed E-state index contributed by atoms with van der Waals surface area (Å²) >= 11 is 0. The van der Waals surface area contributed by atoms with E-state index in [-0.39, 0.29) is 11.6 Å². The van der Waals surface area contributed by atoms with E-state index in [0.717, 1.165) is 51.2 Å². The average Bonchev–Trinajstić information content (AvgIpc) is 2.86. The molecule has 1 aliphatic heterocycles. The van der Waals surface area contributed by atoms with Gasteiger partial charge in [0.25, 0.3) is 0 Å². The van der Waals surface area contributed by atoms with Gasteiger partial charge in [0, 0.05) is 57.9 Å². The summed E-state index contributed by atoms with van der Waals surface area (Å²) in [5.41, 5.74) is 2.29. The molecule has 1 atom stereocenters. The zero-order chi connectivity index (χ0) is 15.3. The van der Waals surface area contributed by atoms with Crippen molar-refractivity contribution in [3.05, 3.63) is 17.5 Å². The van der Waals surface area contributed by atoms with E-state index in [0.29, 0.717) is 0 Å². The van der Waals surface area contributed by atoms with E-state index in [1.165, 1.54) is 5.69 Å². The van der Waals surface area contributed by atoms with Crippen molar-refractivity contribution in [2.45, 2.75) is 51.2 Å². The fourth-order valence-corrected chi connectivity index (χ4v) is 3.29. The highest BCUT2D eigenvalue weighted by Gasteiger charge is 2.40. The first kappa shape index (κ1) is 16.5. The topological polar surface area (TPSA) is 48.3 Å². The predicted molar refractivity (Wildman–Crippen MR) is 83.5 cm³/mol. The number of hydrogen-bond acceptors (Lipinski definition) is 4. The molecule has 5 heteroatoms. The Kier molecular flexibility index (Phi) is 5.79. The maximum absolute atomic E-state index is 6.20. The number of aromatic nitrogens is 2. The van der Waals surface area contributed by atoms with E-state index in [1.807, 2.05) is 18.8 Å². The molecule has 1 aliphatic rings. The zero-order valence-corrected chi connectivity index (χ0v) is 13.8. The highest BCUT2D eigenvalue weighted by molar-refractivity contribution is 5.13. The average molecular weight is 295 g/mol. The lowest BCUT2D eigenvalue weighted by molar-refractivity contribution is -0.125. The second kappa shape index (κ2) is 7.38. The van der Waals surface area contributed by atoms with Crippen LogP contribution in [0.2, 0.25) is 0 Å². The summed E-state index contributed by atoms with van der Waals surface area (Å²) < 4.78 is 13.7. The molecule has 0 aromatic carbocycles. The van der Waals surface area contributed by atoms with Crippen LogP contribution in [0, 0.1) is 0 Å². The van der Waals surface area contributed by atoms with Crippen LogP contribution in [0.15, 0.2) is 6.07 Å². The van der Waals surface area contributed by atoms with Gasteiger partial charge in [-0.1, -0.05) is 6.92 Å². The van der Waals surface area contributed by atoms with Crippen molar-refractivity contribution in [3.8, 4) is 0 Å². The Bertz CT molecular complexity index is 433. The molecule has 5 nitrogen and oxygen atoms in total. The highest BCUT2D eigenvalue weighted by atomic mass is 16.5. The van der Waals surface area contributed by atoms with Crippen LogP contribution in [-0.4, -0.2) is 48.3 Å². The van der Waals surface area contributed by atoms with E-state index < -0.39 is 0 Å². The Labute approximate surface area is 128 Å². The minimum Gasteiger partial charge on any atom is -0.381 e. The molecule has 1 N–H and O–H groups in total. The van der Waals surface area contributed by atoms with Crippen LogP contribution in [0.25, 0.3) is 0 Å². The lowest BCUT2D eigenvalue weighted by Gasteiger charge is -2.43. The van der Waals surface area contributed by atoms with Gasteiger partial charge in [0.05, 0.1) is 11.3 Å². The monoisotopic (exact) mass is 295 g/mol. The quantitative estimate of drug-likeness (QED) is 0.832. The maximum Gasteiger partial charge on any atom is 0.0882 e. The number of hydrogen-bond donors (Lipinski definition) is 1. The largest absolute Gasteiger partial charge is 0.381 e. The van der Waals surface area contributed by atoms with E-state index in [4.69, 9.17) is 9.47 Å². The molecule has 120 valence electrons. The fourth-order valence-electron chi connectivity index (χ4n) is 3.29. The lowest BCUT2D eigenvalue weighted by atomic mass is 9.83. The summed E-state index contributed by atoms with van der Waals surface area (Å²) in [6.07, 6.45) is 3.80. The van der Waals surface area contributed by atoms with Gasteiger partial charge in [-0.3, -0.25) is 4.68 Å². The molecule has 1 saturated heterocycles. The molecule has 1 aromatic rings. The molecule has 2 heterocycles. The molecule has 1 aromatic heterocycles. The Morgan fingerprint density at radius 1 is 1.43 bits per heavy atom. The maximum atomic E-state index is 6.20. The van der Waals surface area contributed by atoms with Crippen LogP contribution in [0.4, 0.5) is 0 Å². The fraction of sp³-hybridized carbons (Fsp3) is 0.812. The predicted octanol–water partition coefficient (Wildman–Crippen LogP) is 1.70. The van der Waals surface area contributed by atoms with E-state index in [9.17, 15) is 0 Å². The van der Waals surface area contributed by atoms with E-state index >= 15 is 0 Å². The molecule has 1 fully saturated rings. The standard InChI is InChI=1S/C16H29N3O2/c1-5-13-11-14(19(4)18-13)12-15(17-3)16(21-6-2)7-9-20-10-8-16/h11,15,17H,5-10,12H2,1-4H3. The Hall–Kier alpha value is -0.910. The zero-order valence-electron chi connectivity index (χ0n) is 13.8. The Morgan fingerprint density at radius 3 is 2.67 bits per heavy atom. The molecule has 0 amide bonds. The van der Waals surface area contributed by atoms with Gasteiger partial charge in [-0.25, -0.2) is 0 Å². The van der Waals surface area contributed by atoms with Gasteiger partial charge >= 0.3 is 0 Å². The van der Waals surface area contributed by atoms with Crippen molar-refractivity contribution >= 4 is 0 Å². The number of ether oxygens (including phenoxy) is 2. The van der Waals surface area contributed by atoms with Crippen LogP contribution in [0.1, 0.15) is 38.1 Å². The summed E-state index contributed by atoms with van der Waals surface area (Å²) in [7, 11) is 4.05. The van der Waals surface area contributed by atoms with Crippen molar-refractivity contribution in [2.75, 3.05) is 26.9 Å². The van der Waals surface area contributed by atoms with E-state index in [1.54, 1.807) is 0 Å². The normalized spacial score (nSPS) is 19.6. The van der Waals surface area contributed by atoms with Crippen LogP contribution in [0.3, 0.4) is 0 Å². The first-order chi connectivity index (χ1) is 10.1. The number of nitrogens with zero attached hydrogens (tertiary/aromatic N) is 2. The third-order valence-electron chi connectivity index (χ3n) is 4.56. The number of rotatable bonds is 7. The lowest BCUT2D eigenvalue weighted by Crippen LogP contribution is -2.55. The van der Waals surface area contributed by atoms with Crippen molar-refractivity contribution in [2.24, 2.45) is 7.05 Å². The SMILES string of the molecule is CCOC1(C(Cc2cc(CC)nn2C)NC)CCOCC1. The van der Waals surface area contributed by atoms with Gasteiger partial charge in [-0.15, -0.1) is 0 Å². The third kappa shape index (κ3) is 3.65. The molecular weight excluding hydrogens is 266 g/mol. The molecule has 1 unspecified atom stereocenters. The van der Waals surface area contributed by atoms with Gasteiger partial charge in [-0.05, 0) is 26.5 Å². The number of nitrogens with one attached hydrogen (secondary N) is 1. The number of likely N-dealkylation sites (N-methyl/N-ethyl adjacent to an activating group) is 1. The van der Waals surface area contributed by atoms with Crippen LogP contribution >= 0.6 is 0 Å². The van der Waals surface area contributed by atoms with Crippen molar-refractivity contribution in [1.82, 2.24) is 15.1 Å². The highest BCUT2D eigenvalue weighted by Crippen LogP contribution is 2.30. The summed E-state index contributed by atoms with van der Waals surface area (Å²) in [6.45, 7) is 6.52. The van der Waals surface area contributed by atoms with Crippen LogP contribution in [-0.2, 0) is 29.4 Å². The summed E-state index contributed by atoms with van der Waals surface area (Å²) in [4.78, 5) is 0. The molecule has 21 heavy (non-hydrogen) atoms. The molecule has 0 spiro atoms. The van der Waals surface area contributed by atoms with Gasteiger partial charge in [-0.2, -0.15) is 5.10 Å². The van der Waals surface area contributed by atoms with Crippen molar-refractivity contribution < 1.29 is 9.47 Å².